The first-order valence-electron chi connectivity index (χ1n) is 5.30. The maximum Gasteiger partial charge on any atom is 0.202 e. The van der Waals surface area contributed by atoms with Crippen LogP contribution in [-0.4, -0.2) is 20.4 Å². The SMILES string of the molecule is Cc1nc(Cc2nsc(NC3CC3)n2)cs1. The van der Waals surface area contributed by atoms with E-state index in [4.69, 9.17) is 0 Å². The van der Waals surface area contributed by atoms with E-state index in [2.05, 4.69) is 25.0 Å². The van der Waals surface area contributed by atoms with E-state index in [1.807, 2.05) is 6.92 Å². The zero-order valence-corrected chi connectivity index (χ0v) is 10.6. The van der Waals surface area contributed by atoms with Crippen molar-refractivity contribution in [2.75, 3.05) is 5.32 Å². The van der Waals surface area contributed by atoms with Crippen molar-refractivity contribution in [1.82, 2.24) is 14.3 Å². The molecule has 0 spiro atoms. The highest BCUT2D eigenvalue weighted by Crippen LogP contribution is 2.25. The molecule has 1 aliphatic rings. The summed E-state index contributed by atoms with van der Waals surface area (Å²) in [6.45, 7) is 2.02. The second kappa shape index (κ2) is 4.10. The Hall–Kier alpha value is -1.01. The van der Waals surface area contributed by atoms with Crippen molar-refractivity contribution >= 4 is 28.0 Å². The van der Waals surface area contributed by atoms with E-state index < -0.39 is 0 Å². The monoisotopic (exact) mass is 252 g/mol. The molecule has 0 bridgehead atoms. The van der Waals surface area contributed by atoms with Crippen LogP contribution in [0.25, 0.3) is 0 Å². The Morgan fingerprint density at radius 1 is 1.44 bits per heavy atom. The first kappa shape index (κ1) is 10.2. The van der Waals surface area contributed by atoms with E-state index in [1.54, 1.807) is 11.3 Å². The number of nitrogens with one attached hydrogen (secondary N) is 1. The van der Waals surface area contributed by atoms with E-state index in [0.717, 1.165) is 28.1 Å². The lowest BCUT2D eigenvalue weighted by molar-refractivity contribution is 0.986. The first-order chi connectivity index (χ1) is 7.79. The molecule has 84 valence electrons. The number of thiazole rings is 1. The van der Waals surface area contributed by atoms with Gasteiger partial charge in [-0.15, -0.1) is 11.3 Å². The number of rotatable bonds is 4. The van der Waals surface area contributed by atoms with Gasteiger partial charge in [-0.05, 0) is 19.8 Å². The number of anilines is 1. The molecule has 3 rings (SSSR count). The van der Waals surface area contributed by atoms with Crippen molar-refractivity contribution in [2.45, 2.75) is 32.2 Å². The minimum Gasteiger partial charge on any atom is -0.358 e. The summed E-state index contributed by atoms with van der Waals surface area (Å²) in [6, 6.07) is 0.641. The normalized spacial score (nSPS) is 15.3. The molecule has 0 aromatic carbocycles. The quantitative estimate of drug-likeness (QED) is 0.908. The van der Waals surface area contributed by atoms with Crippen molar-refractivity contribution in [2.24, 2.45) is 0 Å². The molecule has 0 atom stereocenters. The zero-order valence-electron chi connectivity index (χ0n) is 8.93. The minimum atomic E-state index is 0.641. The van der Waals surface area contributed by atoms with Crippen LogP contribution in [0.15, 0.2) is 5.38 Å². The molecule has 1 aliphatic carbocycles. The summed E-state index contributed by atoms with van der Waals surface area (Å²) in [6.07, 6.45) is 3.27. The van der Waals surface area contributed by atoms with Crippen molar-refractivity contribution < 1.29 is 0 Å². The average molecular weight is 252 g/mol. The molecule has 0 unspecified atom stereocenters. The predicted octanol–water partition coefficient (Wildman–Crippen LogP) is 2.47. The topological polar surface area (TPSA) is 50.7 Å². The molecule has 2 aromatic heterocycles. The summed E-state index contributed by atoms with van der Waals surface area (Å²) >= 11 is 3.12. The smallest absolute Gasteiger partial charge is 0.202 e. The van der Waals surface area contributed by atoms with Crippen LogP contribution < -0.4 is 5.32 Å². The van der Waals surface area contributed by atoms with Crippen LogP contribution in [0.3, 0.4) is 0 Å². The molecule has 0 aliphatic heterocycles. The van der Waals surface area contributed by atoms with E-state index in [-0.39, 0.29) is 0 Å². The summed E-state index contributed by atoms with van der Waals surface area (Å²) in [4.78, 5) is 8.87. The summed E-state index contributed by atoms with van der Waals surface area (Å²) in [5.41, 5.74) is 1.07. The summed E-state index contributed by atoms with van der Waals surface area (Å²) < 4.78 is 4.33. The Balaban J connectivity index is 1.67. The lowest BCUT2D eigenvalue weighted by Crippen LogP contribution is -2.00. The fourth-order valence-corrected chi connectivity index (χ4v) is 2.71. The fraction of sp³-hybridized carbons (Fsp3) is 0.500. The third-order valence-electron chi connectivity index (χ3n) is 2.38. The third kappa shape index (κ3) is 2.38. The van der Waals surface area contributed by atoms with Gasteiger partial charge in [0.15, 0.2) is 5.82 Å². The lowest BCUT2D eigenvalue weighted by Gasteiger charge is -1.94. The van der Waals surface area contributed by atoms with Crippen LogP contribution >= 0.6 is 22.9 Å². The molecule has 1 saturated carbocycles. The highest BCUT2D eigenvalue weighted by Gasteiger charge is 2.22. The number of aryl methyl sites for hydroxylation is 1. The van der Waals surface area contributed by atoms with Crippen LogP contribution in [0.5, 0.6) is 0 Å². The Morgan fingerprint density at radius 3 is 3.00 bits per heavy atom. The third-order valence-corrected chi connectivity index (χ3v) is 3.89. The molecular weight excluding hydrogens is 240 g/mol. The van der Waals surface area contributed by atoms with Gasteiger partial charge in [-0.1, -0.05) is 0 Å². The number of hydrogen-bond donors (Lipinski definition) is 1. The van der Waals surface area contributed by atoms with Gasteiger partial charge in [0.2, 0.25) is 5.13 Å². The van der Waals surface area contributed by atoms with Crippen LogP contribution in [0, 0.1) is 6.92 Å². The predicted molar refractivity (Wildman–Crippen MR) is 66.2 cm³/mol. The molecule has 1 N–H and O–H groups in total. The summed E-state index contributed by atoms with van der Waals surface area (Å²) in [5, 5.41) is 7.48. The van der Waals surface area contributed by atoms with Gasteiger partial charge >= 0.3 is 0 Å². The van der Waals surface area contributed by atoms with Gasteiger partial charge in [-0.3, -0.25) is 0 Å². The molecule has 1 fully saturated rings. The second-order valence-corrected chi connectivity index (χ2v) is 5.78. The molecule has 0 radical (unpaired) electrons. The van der Waals surface area contributed by atoms with Crippen LogP contribution in [0.2, 0.25) is 0 Å². The lowest BCUT2D eigenvalue weighted by atomic mass is 10.3. The number of hydrogen-bond acceptors (Lipinski definition) is 6. The highest BCUT2D eigenvalue weighted by atomic mass is 32.1. The Bertz CT molecular complexity index is 486. The Kier molecular flexibility index (Phi) is 2.61. The van der Waals surface area contributed by atoms with Gasteiger partial charge in [0.25, 0.3) is 0 Å². The van der Waals surface area contributed by atoms with Gasteiger partial charge < -0.3 is 5.32 Å². The molecule has 0 saturated heterocycles. The van der Waals surface area contributed by atoms with Crippen LogP contribution in [-0.2, 0) is 6.42 Å². The molecule has 2 aromatic rings. The maximum absolute atomic E-state index is 4.46. The summed E-state index contributed by atoms with van der Waals surface area (Å²) in [7, 11) is 0. The van der Waals surface area contributed by atoms with Crippen molar-refractivity contribution in [3.63, 3.8) is 0 Å². The molecule has 6 heteroatoms. The maximum atomic E-state index is 4.46. The average Bonchev–Trinajstić information content (AvgIpc) is 2.80. The van der Waals surface area contributed by atoms with E-state index in [1.165, 1.54) is 24.4 Å². The van der Waals surface area contributed by atoms with Gasteiger partial charge in [-0.2, -0.15) is 4.37 Å². The first-order valence-corrected chi connectivity index (χ1v) is 6.95. The molecular formula is C10H12N4S2. The van der Waals surface area contributed by atoms with Crippen molar-refractivity contribution in [3.8, 4) is 0 Å². The van der Waals surface area contributed by atoms with Crippen LogP contribution in [0.1, 0.15) is 29.4 Å². The van der Waals surface area contributed by atoms with Crippen molar-refractivity contribution in [3.05, 3.63) is 21.9 Å². The Morgan fingerprint density at radius 2 is 2.31 bits per heavy atom. The standard InChI is InChI=1S/C10H12N4S2/c1-6-11-8(5-15-6)4-9-13-10(16-14-9)12-7-2-3-7/h5,7H,2-4H2,1H3,(H,12,13,14). The molecule has 0 amide bonds. The van der Waals surface area contributed by atoms with Crippen molar-refractivity contribution in [1.29, 1.82) is 0 Å². The summed E-state index contributed by atoms with van der Waals surface area (Å²) in [5.74, 6) is 0.874. The minimum absolute atomic E-state index is 0.641. The zero-order chi connectivity index (χ0) is 11.0. The van der Waals surface area contributed by atoms with E-state index >= 15 is 0 Å². The molecule has 16 heavy (non-hydrogen) atoms. The van der Waals surface area contributed by atoms with Gasteiger partial charge in [0.1, 0.15) is 0 Å². The van der Waals surface area contributed by atoms with Gasteiger partial charge in [-0.25, -0.2) is 9.97 Å². The van der Waals surface area contributed by atoms with Gasteiger partial charge in [0.05, 0.1) is 17.1 Å². The van der Waals surface area contributed by atoms with Gasteiger partial charge in [0, 0.05) is 23.0 Å². The molecule has 2 heterocycles. The molecule has 4 nitrogen and oxygen atoms in total. The fourth-order valence-electron chi connectivity index (χ4n) is 1.44. The Labute approximate surface area is 102 Å². The highest BCUT2D eigenvalue weighted by molar-refractivity contribution is 7.10. The van der Waals surface area contributed by atoms with Crippen LogP contribution in [0.4, 0.5) is 5.13 Å². The number of aromatic nitrogens is 3. The number of nitrogens with zero attached hydrogens (tertiary/aromatic N) is 3. The second-order valence-electron chi connectivity index (χ2n) is 3.97. The van der Waals surface area contributed by atoms with E-state index in [9.17, 15) is 0 Å². The largest absolute Gasteiger partial charge is 0.358 e. The van der Waals surface area contributed by atoms with E-state index in [0.29, 0.717) is 6.04 Å².